The van der Waals surface area contributed by atoms with Crippen LogP contribution in [0.3, 0.4) is 0 Å². The predicted molar refractivity (Wildman–Crippen MR) is 67.8 cm³/mol. The van der Waals surface area contributed by atoms with E-state index in [0.717, 1.165) is 12.2 Å². The molecular weight excluding hydrogens is 230 g/mol. The fourth-order valence-electron chi connectivity index (χ4n) is 2.07. The summed E-state index contributed by atoms with van der Waals surface area (Å²) in [6, 6.07) is -1.19. The van der Waals surface area contributed by atoms with Crippen LogP contribution >= 0.6 is 0 Å². The average molecular weight is 245 g/mol. The molecule has 0 bridgehead atoms. The molecule has 2 atom stereocenters. The Morgan fingerprint density at radius 2 is 2.39 bits per heavy atom. The Balaban J connectivity index is 2.44. The molecule has 1 aliphatic heterocycles. The molecule has 0 spiro atoms. The van der Waals surface area contributed by atoms with Crippen LogP contribution in [-0.4, -0.2) is 32.4 Å². The van der Waals surface area contributed by atoms with Gasteiger partial charge in [0.2, 0.25) is 0 Å². The van der Waals surface area contributed by atoms with Crippen LogP contribution in [0.4, 0.5) is 4.79 Å². The van der Waals surface area contributed by atoms with Gasteiger partial charge in [0.15, 0.2) is 0 Å². The summed E-state index contributed by atoms with van der Waals surface area (Å²) < 4.78 is 1.92. The molecule has 0 saturated heterocycles. The normalized spacial score (nSPS) is 20.7. The van der Waals surface area contributed by atoms with Crippen LogP contribution in [0, 0.1) is 12.3 Å². The molecule has 94 valence electrons. The third kappa shape index (κ3) is 1.74. The van der Waals surface area contributed by atoms with E-state index in [1.807, 2.05) is 11.5 Å². The number of nitrogens with zero attached hydrogens (tertiary/aromatic N) is 4. The first-order chi connectivity index (χ1) is 8.60. The van der Waals surface area contributed by atoms with Crippen molar-refractivity contribution in [2.45, 2.75) is 32.5 Å². The molecule has 6 heteroatoms. The van der Waals surface area contributed by atoms with Crippen LogP contribution < -0.4 is 5.73 Å². The monoisotopic (exact) mass is 245 g/mol. The van der Waals surface area contributed by atoms with E-state index in [4.69, 9.17) is 12.2 Å². The molecule has 0 fully saturated rings. The van der Waals surface area contributed by atoms with Gasteiger partial charge in [-0.3, -0.25) is 4.90 Å². The second-order valence-electron chi connectivity index (χ2n) is 4.08. The van der Waals surface area contributed by atoms with Crippen molar-refractivity contribution < 1.29 is 4.79 Å². The molecule has 0 aliphatic carbocycles. The Morgan fingerprint density at radius 1 is 1.67 bits per heavy atom. The Bertz CT molecular complexity index is 539. The highest BCUT2D eigenvalue weighted by Crippen LogP contribution is 2.28. The quantitative estimate of drug-likeness (QED) is 0.799. The van der Waals surface area contributed by atoms with E-state index in [-0.39, 0.29) is 11.9 Å². The number of imidazole rings is 1. The van der Waals surface area contributed by atoms with Crippen LogP contribution in [0.2, 0.25) is 0 Å². The maximum absolute atomic E-state index is 11.8. The second kappa shape index (κ2) is 4.53. The number of terminal acetylenes is 1. The zero-order valence-corrected chi connectivity index (χ0v) is 10.4. The molecule has 2 heterocycles. The lowest BCUT2D eigenvalue weighted by Gasteiger charge is -2.27. The van der Waals surface area contributed by atoms with Gasteiger partial charge in [0, 0.05) is 6.54 Å². The first-order valence-electron chi connectivity index (χ1n) is 5.72. The number of carbonyl (C=O) groups is 1. The van der Waals surface area contributed by atoms with Gasteiger partial charge in [-0.05, 0) is 13.8 Å². The highest BCUT2D eigenvalue weighted by atomic mass is 16.2. The molecule has 1 aromatic rings. The summed E-state index contributed by atoms with van der Waals surface area (Å²) in [5.41, 5.74) is 6.67. The zero-order chi connectivity index (χ0) is 13.3. The number of amidine groups is 1. The number of aromatic nitrogens is 2. The van der Waals surface area contributed by atoms with Crippen molar-refractivity contribution in [1.82, 2.24) is 14.5 Å². The lowest BCUT2D eigenvalue weighted by Crippen LogP contribution is -2.39. The largest absolute Gasteiger partial charge is 0.385 e. The summed E-state index contributed by atoms with van der Waals surface area (Å²) in [6.45, 7) is 4.50. The molecule has 1 aromatic heterocycles. The number of aliphatic imine (C=N–C) groups is 1. The van der Waals surface area contributed by atoms with E-state index in [9.17, 15) is 4.79 Å². The number of hydrogen-bond donors (Lipinski definition) is 1. The molecular formula is C12H15N5O. The minimum absolute atomic E-state index is 0.261. The van der Waals surface area contributed by atoms with Gasteiger partial charge in [-0.1, -0.05) is 5.92 Å². The van der Waals surface area contributed by atoms with Crippen LogP contribution in [0.25, 0.3) is 0 Å². The van der Waals surface area contributed by atoms with Crippen molar-refractivity contribution in [1.29, 1.82) is 0 Å². The topological polar surface area (TPSA) is 76.5 Å². The summed E-state index contributed by atoms with van der Waals surface area (Å²) >= 11 is 0. The first-order valence-corrected chi connectivity index (χ1v) is 5.72. The lowest BCUT2D eigenvalue weighted by molar-refractivity contribution is 0.197. The van der Waals surface area contributed by atoms with Crippen LogP contribution in [0.15, 0.2) is 17.5 Å². The molecule has 1 aliphatic rings. The van der Waals surface area contributed by atoms with E-state index >= 15 is 0 Å². The van der Waals surface area contributed by atoms with E-state index < -0.39 is 12.1 Å². The maximum Gasteiger partial charge on any atom is 0.347 e. The van der Waals surface area contributed by atoms with Gasteiger partial charge in [-0.25, -0.2) is 9.78 Å². The zero-order valence-electron chi connectivity index (χ0n) is 10.4. The van der Waals surface area contributed by atoms with Gasteiger partial charge in [0.25, 0.3) is 0 Å². The summed E-state index contributed by atoms with van der Waals surface area (Å²) in [5.74, 6) is 2.80. The molecule has 0 radical (unpaired) electrons. The molecule has 18 heavy (non-hydrogen) atoms. The Kier molecular flexibility index (Phi) is 3.06. The van der Waals surface area contributed by atoms with Crippen molar-refractivity contribution in [2.75, 3.05) is 0 Å². The van der Waals surface area contributed by atoms with Crippen molar-refractivity contribution in [3.63, 3.8) is 0 Å². The van der Waals surface area contributed by atoms with Crippen LogP contribution in [-0.2, 0) is 6.54 Å². The third-order valence-electron chi connectivity index (χ3n) is 3.03. The maximum atomic E-state index is 11.8. The fourth-order valence-corrected chi connectivity index (χ4v) is 2.07. The van der Waals surface area contributed by atoms with E-state index in [0.29, 0.717) is 0 Å². The third-order valence-corrected chi connectivity index (χ3v) is 3.03. The summed E-state index contributed by atoms with van der Waals surface area (Å²) in [6.07, 6.45) is 8.77. The van der Waals surface area contributed by atoms with Gasteiger partial charge in [-0.2, -0.15) is 4.99 Å². The van der Waals surface area contributed by atoms with E-state index in [1.54, 1.807) is 19.4 Å². The van der Waals surface area contributed by atoms with E-state index in [1.165, 1.54) is 4.90 Å². The summed E-state index contributed by atoms with van der Waals surface area (Å²) in [7, 11) is 0. The van der Waals surface area contributed by atoms with Crippen molar-refractivity contribution >= 4 is 11.9 Å². The standard InChI is InChI=1S/C12H15N5O/c1-4-8(3)17-10(11(13)15-12(17)18)9-6-14-7-16(9)5-2/h1,6-8,10H,5H2,2-3H3,(H2,13,15,18). The number of urea groups is 1. The molecule has 0 aromatic carbocycles. The Hall–Kier alpha value is -2.29. The predicted octanol–water partition coefficient (Wildman–Crippen LogP) is 0.759. The van der Waals surface area contributed by atoms with Gasteiger partial charge in [0.05, 0.1) is 24.3 Å². The lowest BCUT2D eigenvalue weighted by atomic mass is 10.1. The molecule has 2 amide bonds. The first kappa shape index (κ1) is 12.2. The molecule has 2 unspecified atom stereocenters. The highest BCUT2D eigenvalue weighted by Gasteiger charge is 2.38. The minimum atomic E-state index is -0.425. The number of aryl methyl sites for hydroxylation is 1. The van der Waals surface area contributed by atoms with Gasteiger partial charge in [0.1, 0.15) is 11.9 Å². The molecule has 6 nitrogen and oxygen atoms in total. The van der Waals surface area contributed by atoms with Gasteiger partial charge in [-0.15, -0.1) is 6.42 Å². The number of hydrogen-bond acceptors (Lipinski definition) is 3. The SMILES string of the molecule is C#CC(C)N1C(=O)N=C(N)C1c1cncn1CC. The number of amides is 2. The molecule has 2 rings (SSSR count). The Labute approximate surface area is 106 Å². The van der Waals surface area contributed by atoms with Gasteiger partial charge >= 0.3 is 6.03 Å². The van der Waals surface area contributed by atoms with Crippen molar-refractivity contribution in [2.24, 2.45) is 10.7 Å². The van der Waals surface area contributed by atoms with Crippen molar-refractivity contribution in [3.8, 4) is 12.3 Å². The average Bonchev–Trinajstić information content (AvgIpc) is 2.91. The second-order valence-corrected chi connectivity index (χ2v) is 4.08. The number of nitrogens with two attached hydrogens (primary N) is 1. The summed E-state index contributed by atoms with van der Waals surface area (Å²) in [4.78, 5) is 21.2. The molecule has 0 saturated carbocycles. The number of carbonyl (C=O) groups excluding carboxylic acids is 1. The minimum Gasteiger partial charge on any atom is -0.385 e. The highest BCUT2D eigenvalue weighted by molar-refractivity contribution is 6.03. The number of rotatable bonds is 3. The van der Waals surface area contributed by atoms with Crippen LogP contribution in [0.5, 0.6) is 0 Å². The van der Waals surface area contributed by atoms with Crippen molar-refractivity contribution in [3.05, 3.63) is 18.2 Å². The Morgan fingerprint density at radius 3 is 3.00 bits per heavy atom. The van der Waals surface area contributed by atoms with E-state index in [2.05, 4.69) is 15.9 Å². The summed E-state index contributed by atoms with van der Waals surface area (Å²) in [5, 5.41) is 0. The van der Waals surface area contributed by atoms with Crippen LogP contribution in [0.1, 0.15) is 25.6 Å². The fraction of sp³-hybridized carbons (Fsp3) is 0.417. The smallest absolute Gasteiger partial charge is 0.347 e. The molecule has 2 N–H and O–H groups in total. The van der Waals surface area contributed by atoms with Gasteiger partial charge < -0.3 is 10.3 Å².